The van der Waals surface area contributed by atoms with Crippen LogP contribution in [-0.4, -0.2) is 15.9 Å². The predicted molar refractivity (Wildman–Crippen MR) is 95.7 cm³/mol. The first kappa shape index (κ1) is 15.1. The number of carbonyl (C=O) groups excluding carboxylic acids is 1. The van der Waals surface area contributed by atoms with E-state index in [0.29, 0.717) is 16.4 Å². The maximum Gasteiger partial charge on any atom is 0.263 e. The first-order valence-electron chi connectivity index (χ1n) is 7.36. The van der Waals surface area contributed by atoms with Crippen molar-refractivity contribution in [1.82, 2.24) is 9.97 Å². The van der Waals surface area contributed by atoms with Crippen LogP contribution in [0.4, 0.5) is 11.5 Å². The van der Waals surface area contributed by atoms with Gasteiger partial charge in [0.2, 0.25) is 0 Å². The minimum atomic E-state index is -0.411. The summed E-state index contributed by atoms with van der Waals surface area (Å²) in [6.07, 6.45) is 1.12. The molecule has 1 amide bonds. The zero-order chi connectivity index (χ0) is 16.7. The molecule has 1 aliphatic heterocycles. The van der Waals surface area contributed by atoms with Gasteiger partial charge in [0, 0.05) is 17.3 Å². The number of para-hydroxylation sites is 1. The maximum absolute atomic E-state index is 13.1. The van der Waals surface area contributed by atoms with Gasteiger partial charge in [-0.05, 0) is 31.2 Å². The van der Waals surface area contributed by atoms with Gasteiger partial charge in [0.25, 0.3) is 5.91 Å². The van der Waals surface area contributed by atoms with Crippen molar-refractivity contribution in [1.29, 1.82) is 0 Å². The molecule has 7 heteroatoms. The van der Waals surface area contributed by atoms with Crippen LogP contribution in [0.2, 0.25) is 5.02 Å². The highest BCUT2D eigenvalue weighted by molar-refractivity contribution is 7.09. The second-order valence-electron chi connectivity index (χ2n) is 5.39. The number of rotatable bonds is 2. The highest BCUT2D eigenvalue weighted by Crippen LogP contribution is 2.36. The van der Waals surface area contributed by atoms with Crippen LogP contribution in [0.3, 0.4) is 0 Å². The number of nitrogens with zero attached hydrogens (tertiary/aromatic N) is 3. The molecule has 0 bridgehead atoms. The van der Waals surface area contributed by atoms with Crippen molar-refractivity contribution in [3.05, 3.63) is 69.3 Å². The van der Waals surface area contributed by atoms with E-state index in [9.17, 15) is 4.79 Å². The lowest BCUT2D eigenvalue weighted by molar-refractivity contribution is 0.0973. The molecule has 0 saturated carbocycles. The van der Waals surface area contributed by atoms with Crippen molar-refractivity contribution in [3.8, 4) is 0 Å². The zero-order valence-electron chi connectivity index (χ0n) is 12.7. The van der Waals surface area contributed by atoms with Crippen LogP contribution in [0.1, 0.15) is 27.2 Å². The van der Waals surface area contributed by atoms with Gasteiger partial charge < -0.3 is 5.32 Å². The number of carbonyl (C=O) groups is 1. The van der Waals surface area contributed by atoms with Crippen LogP contribution in [-0.2, 0) is 0 Å². The Morgan fingerprint density at radius 2 is 2.08 bits per heavy atom. The summed E-state index contributed by atoms with van der Waals surface area (Å²) < 4.78 is 0. The molecule has 5 nitrogen and oxygen atoms in total. The van der Waals surface area contributed by atoms with Crippen molar-refractivity contribution in [2.24, 2.45) is 0 Å². The zero-order valence-corrected chi connectivity index (χ0v) is 14.3. The third kappa shape index (κ3) is 2.53. The molecular formula is C17H13ClN4OS. The minimum absolute atomic E-state index is 0.116. The summed E-state index contributed by atoms with van der Waals surface area (Å²) in [4.78, 5) is 23.6. The quantitative estimate of drug-likeness (QED) is 0.745. The number of hydrogen-bond acceptors (Lipinski definition) is 5. The molecule has 120 valence electrons. The predicted octanol–water partition coefficient (Wildman–Crippen LogP) is 4.27. The molecule has 2 aromatic heterocycles. The number of aromatic nitrogens is 2. The molecule has 0 radical (unpaired) electrons. The number of benzene rings is 1. The molecule has 24 heavy (non-hydrogen) atoms. The third-order valence-corrected chi connectivity index (χ3v) is 4.82. The molecule has 0 aliphatic carbocycles. The van der Waals surface area contributed by atoms with Crippen molar-refractivity contribution in [2.75, 3.05) is 10.2 Å². The van der Waals surface area contributed by atoms with E-state index in [1.165, 1.54) is 6.20 Å². The first-order valence-corrected chi connectivity index (χ1v) is 8.62. The average Bonchev–Trinajstić information content (AvgIpc) is 3.02. The minimum Gasteiger partial charge on any atom is -0.359 e. The Morgan fingerprint density at radius 1 is 1.25 bits per heavy atom. The normalized spacial score (nSPS) is 16.7. The number of anilines is 2. The standard InChI is InChI=1S/C17H13ClN4OS/c1-10-20-14(9-24-10)16-21-13-5-3-2-4-12(13)17(23)22(16)15-7-6-11(18)8-19-15/h2-9,16,21H,1H3/t16-/m1/s1. The molecule has 0 fully saturated rings. The Kier molecular flexibility index (Phi) is 3.70. The van der Waals surface area contributed by atoms with E-state index in [1.54, 1.807) is 34.4 Å². The number of amides is 1. The molecular weight excluding hydrogens is 344 g/mol. The number of fused-ring (bicyclic) bond motifs is 1. The Balaban J connectivity index is 1.85. The van der Waals surface area contributed by atoms with Gasteiger partial charge in [-0.25, -0.2) is 9.97 Å². The van der Waals surface area contributed by atoms with Crippen LogP contribution in [0.5, 0.6) is 0 Å². The average molecular weight is 357 g/mol. The maximum atomic E-state index is 13.1. The summed E-state index contributed by atoms with van der Waals surface area (Å²) >= 11 is 7.48. The van der Waals surface area contributed by atoms with E-state index in [2.05, 4.69) is 15.3 Å². The van der Waals surface area contributed by atoms with Crippen molar-refractivity contribution in [3.63, 3.8) is 0 Å². The van der Waals surface area contributed by atoms with Gasteiger partial charge in [0.1, 0.15) is 5.82 Å². The van der Waals surface area contributed by atoms with Crippen molar-refractivity contribution >= 4 is 40.4 Å². The van der Waals surface area contributed by atoms with E-state index in [1.807, 2.05) is 30.5 Å². The molecule has 3 aromatic rings. The van der Waals surface area contributed by atoms with Gasteiger partial charge in [-0.15, -0.1) is 11.3 Å². The number of nitrogens with one attached hydrogen (secondary N) is 1. The van der Waals surface area contributed by atoms with Gasteiger partial charge >= 0.3 is 0 Å². The van der Waals surface area contributed by atoms with Gasteiger partial charge in [-0.3, -0.25) is 9.69 Å². The van der Waals surface area contributed by atoms with E-state index in [0.717, 1.165) is 16.4 Å². The fraction of sp³-hybridized carbons (Fsp3) is 0.118. The van der Waals surface area contributed by atoms with E-state index in [-0.39, 0.29) is 5.91 Å². The lowest BCUT2D eigenvalue weighted by Gasteiger charge is -2.36. The van der Waals surface area contributed by atoms with Gasteiger partial charge in [-0.1, -0.05) is 23.7 Å². The molecule has 1 aliphatic rings. The number of aryl methyl sites for hydroxylation is 1. The monoisotopic (exact) mass is 356 g/mol. The number of halogens is 1. The lowest BCUT2D eigenvalue weighted by atomic mass is 10.1. The second kappa shape index (κ2) is 5.89. The second-order valence-corrected chi connectivity index (χ2v) is 6.89. The topological polar surface area (TPSA) is 58.1 Å². The van der Waals surface area contributed by atoms with Crippen LogP contribution >= 0.6 is 22.9 Å². The molecule has 0 unspecified atom stereocenters. The van der Waals surface area contributed by atoms with Gasteiger partial charge in [0.15, 0.2) is 6.17 Å². The molecule has 1 aromatic carbocycles. The largest absolute Gasteiger partial charge is 0.359 e. The van der Waals surface area contributed by atoms with Gasteiger partial charge in [0.05, 0.1) is 21.3 Å². The van der Waals surface area contributed by atoms with E-state index >= 15 is 0 Å². The highest BCUT2D eigenvalue weighted by Gasteiger charge is 2.35. The fourth-order valence-electron chi connectivity index (χ4n) is 2.71. The Hall–Kier alpha value is -2.44. The van der Waals surface area contributed by atoms with Crippen LogP contribution in [0, 0.1) is 6.92 Å². The molecule has 4 rings (SSSR count). The molecule has 1 N–H and O–H groups in total. The van der Waals surface area contributed by atoms with Crippen LogP contribution in [0.25, 0.3) is 0 Å². The van der Waals surface area contributed by atoms with Crippen molar-refractivity contribution < 1.29 is 4.79 Å². The summed E-state index contributed by atoms with van der Waals surface area (Å²) in [6, 6.07) is 10.9. The molecule has 1 atom stereocenters. The Bertz CT molecular complexity index is 909. The summed E-state index contributed by atoms with van der Waals surface area (Å²) in [5.41, 5.74) is 2.19. The smallest absolute Gasteiger partial charge is 0.263 e. The summed E-state index contributed by atoms with van der Waals surface area (Å²) in [5.74, 6) is 0.414. The number of thiazole rings is 1. The number of pyridine rings is 1. The summed E-state index contributed by atoms with van der Waals surface area (Å²) in [6.45, 7) is 1.94. The summed E-state index contributed by atoms with van der Waals surface area (Å²) in [5, 5.41) is 6.82. The molecule has 0 saturated heterocycles. The van der Waals surface area contributed by atoms with Crippen molar-refractivity contribution in [2.45, 2.75) is 13.1 Å². The Labute approximate surface area is 147 Å². The molecule has 0 spiro atoms. The van der Waals surface area contributed by atoms with E-state index in [4.69, 9.17) is 11.6 Å². The SMILES string of the molecule is Cc1nc([C@@H]2Nc3ccccc3C(=O)N2c2ccc(Cl)cn2)cs1. The van der Waals surface area contributed by atoms with Crippen LogP contribution < -0.4 is 10.2 Å². The third-order valence-electron chi connectivity index (χ3n) is 3.80. The highest BCUT2D eigenvalue weighted by atomic mass is 35.5. The first-order chi connectivity index (χ1) is 11.6. The van der Waals surface area contributed by atoms with Gasteiger partial charge in [-0.2, -0.15) is 0 Å². The fourth-order valence-corrected chi connectivity index (χ4v) is 3.46. The van der Waals surface area contributed by atoms with E-state index < -0.39 is 6.17 Å². The number of hydrogen-bond donors (Lipinski definition) is 1. The Morgan fingerprint density at radius 3 is 2.79 bits per heavy atom. The van der Waals surface area contributed by atoms with Crippen LogP contribution in [0.15, 0.2) is 48.0 Å². The summed E-state index contributed by atoms with van der Waals surface area (Å²) in [7, 11) is 0. The lowest BCUT2D eigenvalue weighted by Crippen LogP contribution is -2.43. The molecule has 3 heterocycles.